The Kier molecular flexibility index (Phi) is 5.10. The molecule has 1 fully saturated rings. The predicted octanol–water partition coefficient (Wildman–Crippen LogP) is 1.18. The molecule has 1 saturated heterocycles. The van der Waals surface area contributed by atoms with Crippen molar-refractivity contribution >= 4 is 24.4 Å². The number of rotatable bonds is 3. The molecule has 0 bridgehead atoms. The van der Waals surface area contributed by atoms with Crippen molar-refractivity contribution in [2.45, 2.75) is 0 Å². The molecule has 0 saturated carbocycles. The lowest BCUT2D eigenvalue weighted by atomic mass is 10.2. The maximum Gasteiger partial charge on any atom is 0.299 e. The Labute approximate surface area is 163 Å². The third-order valence-corrected chi connectivity index (χ3v) is 7.31. The summed E-state index contributed by atoms with van der Waals surface area (Å²) >= 11 is 0. The molecule has 8 nitrogen and oxygen atoms in total. The largest absolute Gasteiger partial charge is 0.474 e. The highest BCUT2D eigenvalue weighted by atomic mass is 31.2. The van der Waals surface area contributed by atoms with E-state index in [0.29, 0.717) is 49.5 Å². The average Bonchev–Trinajstić information content (AvgIpc) is 2.74. The SMILES string of the molecule is CN1CCOc2ncc(C(=O)N3CCN(P(=O)(O)c4ccccc4)CC3)cc21. The van der Waals surface area contributed by atoms with Crippen LogP contribution < -0.4 is 14.9 Å². The van der Waals surface area contributed by atoms with Crippen molar-refractivity contribution in [3.05, 3.63) is 48.2 Å². The number of carbonyl (C=O) groups excluding carboxylic acids is 1. The number of likely N-dealkylation sites (N-methyl/N-ethyl adjacent to an activating group) is 1. The van der Waals surface area contributed by atoms with E-state index >= 15 is 0 Å². The van der Waals surface area contributed by atoms with E-state index in [4.69, 9.17) is 4.74 Å². The number of amides is 1. The van der Waals surface area contributed by atoms with Crippen molar-refractivity contribution in [3.8, 4) is 5.88 Å². The molecule has 4 rings (SSSR count). The van der Waals surface area contributed by atoms with Gasteiger partial charge in [0.15, 0.2) is 0 Å². The van der Waals surface area contributed by atoms with Crippen LogP contribution in [0, 0.1) is 0 Å². The summed E-state index contributed by atoms with van der Waals surface area (Å²) < 4.78 is 20.0. The fourth-order valence-corrected chi connectivity index (χ4v) is 5.09. The Morgan fingerprint density at radius 2 is 1.86 bits per heavy atom. The number of ether oxygens (including phenoxy) is 1. The molecule has 2 aliphatic heterocycles. The first kappa shape index (κ1) is 18.9. The number of hydrogen-bond acceptors (Lipinski definition) is 5. The van der Waals surface area contributed by atoms with Crippen molar-refractivity contribution in [1.82, 2.24) is 14.6 Å². The lowest BCUT2D eigenvalue weighted by Crippen LogP contribution is -2.48. The minimum absolute atomic E-state index is 0.124. The Bertz CT molecular complexity index is 915. The zero-order valence-corrected chi connectivity index (χ0v) is 16.6. The Hall–Kier alpha value is -2.41. The molecular weight excluding hydrogens is 379 g/mol. The molecule has 1 amide bonds. The van der Waals surface area contributed by atoms with Crippen LogP contribution in [0.1, 0.15) is 10.4 Å². The zero-order valence-electron chi connectivity index (χ0n) is 15.7. The van der Waals surface area contributed by atoms with E-state index in [2.05, 4.69) is 4.98 Å². The minimum atomic E-state index is -3.61. The van der Waals surface area contributed by atoms with Crippen molar-refractivity contribution in [2.24, 2.45) is 0 Å². The molecule has 2 aliphatic rings. The molecule has 1 unspecified atom stereocenters. The van der Waals surface area contributed by atoms with Gasteiger partial charge in [-0.25, -0.2) is 9.65 Å². The molecular formula is C19H23N4O4P. The van der Waals surface area contributed by atoms with Gasteiger partial charge in [0.2, 0.25) is 5.88 Å². The van der Waals surface area contributed by atoms with Crippen molar-refractivity contribution in [2.75, 3.05) is 51.3 Å². The van der Waals surface area contributed by atoms with E-state index in [1.54, 1.807) is 39.9 Å². The number of anilines is 1. The second kappa shape index (κ2) is 7.54. The minimum Gasteiger partial charge on any atom is -0.474 e. The quantitative estimate of drug-likeness (QED) is 0.772. The summed E-state index contributed by atoms with van der Waals surface area (Å²) in [6.07, 6.45) is 1.54. The third kappa shape index (κ3) is 3.51. The molecule has 9 heteroatoms. The van der Waals surface area contributed by atoms with Gasteiger partial charge in [-0.15, -0.1) is 0 Å². The number of piperazine rings is 1. The fourth-order valence-electron chi connectivity index (χ4n) is 3.48. The van der Waals surface area contributed by atoms with E-state index in [1.807, 2.05) is 18.0 Å². The highest BCUT2D eigenvalue weighted by Crippen LogP contribution is 2.44. The van der Waals surface area contributed by atoms with Crippen LogP contribution in [0.25, 0.3) is 0 Å². The van der Waals surface area contributed by atoms with Gasteiger partial charge in [0.25, 0.3) is 13.4 Å². The predicted molar refractivity (Wildman–Crippen MR) is 106 cm³/mol. The van der Waals surface area contributed by atoms with Gasteiger partial charge in [-0.05, 0) is 18.2 Å². The van der Waals surface area contributed by atoms with E-state index < -0.39 is 7.52 Å². The molecule has 2 aromatic rings. The summed E-state index contributed by atoms with van der Waals surface area (Å²) in [5.41, 5.74) is 1.31. The Balaban J connectivity index is 1.45. The standard InChI is InChI=1S/C19H23N4O4P/c1-21-11-12-27-18-17(21)13-15(14-20-18)19(24)22-7-9-23(10-8-22)28(25,26)16-5-3-2-4-6-16/h2-6,13-14H,7-12H2,1H3,(H,25,26). The summed E-state index contributed by atoms with van der Waals surface area (Å²) in [6, 6.07) is 10.4. The van der Waals surface area contributed by atoms with E-state index in [1.165, 1.54) is 6.20 Å². The maximum absolute atomic E-state index is 12.9. The van der Waals surface area contributed by atoms with Gasteiger partial charge in [-0.3, -0.25) is 9.36 Å². The van der Waals surface area contributed by atoms with Crippen molar-refractivity contribution in [3.63, 3.8) is 0 Å². The third-order valence-electron chi connectivity index (χ3n) is 5.18. The summed E-state index contributed by atoms with van der Waals surface area (Å²) in [7, 11) is -1.67. The molecule has 1 N–H and O–H groups in total. The molecule has 28 heavy (non-hydrogen) atoms. The number of fused-ring (bicyclic) bond motifs is 1. The number of aromatic nitrogens is 1. The van der Waals surface area contributed by atoms with Crippen LogP contribution in [-0.4, -0.2) is 71.7 Å². The Morgan fingerprint density at radius 1 is 1.14 bits per heavy atom. The topological polar surface area (TPSA) is 86.2 Å². The molecule has 1 aromatic heterocycles. The van der Waals surface area contributed by atoms with Gasteiger partial charge in [0.05, 0.1) is 17.4 Å². The first-order valence-electron chi connectivity index (χ1n) is 9.24. The van der Waals surface area contributed by atoms with Gasteiger partial charge < -0.3 is 19.4 Å². The molecule has 0 spiro atoms. The monoisotopic (exact) mass is 402 g/mol. The van der Waals surface area contributed by atoms with Crippen LogP contribution in [0.2, 0.25) is 0 Å². The molecule has 3 heterocycles. The molecule has 1 atom stereocenters. The lowest BCUT2D eigenvalue weighted by molar-refractivity contribution is 0.0691. The molecule has 148 valence electrons. The Morgan fingerprint density at radius 3 is 2.57 bits per heavy atom. The van der Waals surface area contributed by atoms with Crippen LogP contribution in [0.4, 0.5) is 5.69 Å². The highest BCUT2D eigenvalue weighted by Gasteiger charge is 2.34. The molecule has 0 aliphatic carbocycles. The van der Waals surface area contributed by atoms with E-state index in [-0.39, 0.29) is 5.91 Å². The van der Waals surface area contributed by atoms with Gasteiger partial charge in [0, 0.05) is 39.4 Å². The van der Waals surface area contributed by atoms with Gasteiger partial charge in [0.1, 0.15) is 12.3 Å². The van der Waals surface area contributed by atoms with Crippen molar-refractivity contribution < 1.29 is 19.0 Å². The van der Waals surface area contributed by atoms with Gasteiger partial charge >= 0.3 is 0 Å². The normalized spacial score (nSPS) is 19.5. The van der Waals surface area contributed by atoms with Crippen LogP contribution in [-0.2, 0) is 4.57 Å². The average molecular weight is 402 g/mol. The number of hydrogen-bond donors (Lipinski definition) is 1. The molecule has 0 radical (unpaired) electrons. The van der Waals surface area contributed by atoms with Crippen LogP contribution in [0.3, 0.4) is 0 Å². The van der Waals surface area contributed by atoms with Crippen LogP contribution in [0.5, 0.6) is 5.88 Å². The summed E-state index contributed by atoms with van der Waals surface area (Å²) in [5.74, 6) is 0.417. The second-order valence-electron chi connectivity index (χ2n) is 6.94. The summed E-state index contributed by atoms with van der Waals surface area (Å²) in [6.45, 7) is 2.79. The zero-order chi connectivity index (χ0) is 19.7. The maximum atomic E-state index is 12.9. The van der Waals surface area contributed by atoms with Crippen LogP contribution in [0.15, 0.2) is 42.6 Å². The van der Waals surface area contributed by atoms with Crippen molar-refractivity contribution in [1.29, 1.82) is 0 Å². The number of carbonyl (C=O) groups is 1. The van der Waals surface area contributed by atoms with Gasteiger partial charge in [-0.1, -0.05) is 18.2 Å². The fraction of sp³-hybridized carbons (Fsp3) is 0.368. The number of pyridine rings is 1. The summed E-state index contributed by atoms with van der Waals surface area (Å²) in [4.78, 5) is 31.5. The van der Waals surface area contributed by atoms with E-state index in [9.17, 15) is 14.3 Å². The van der Waals surface area contributed by atoms with Crippen LogP contribution >= 0.6 is 7.52 Å². The second-order valence-corrected chi connectivity index (χ2v) is 9.11. The highest BCUT2D eigenvalue weighted by molar-refractivity contribution is 7.63. The van der Waals surface area contributed by atoms with Gasteiger partial charge in [-0.2, -0.15) is 0 Å². The first-order chi connectivity index (χ1) is 13.5. The first-order valence-corrected chi connectivity index (χ1v) is 10.8. The number of benzene rings is 1. The lowest BCUT2D eigenvalue weighted by Gasteiger charge is -2.36. The number of nitrogens with zero attached hydrogens (tertiary/aromatic N) is 4. The van der Waals surface area contributed by atoms with E-state index in [0.717, 1.165) is 12.2 Å². The smallest absolute Gasteiger partial charge is 0.299 e. The molecule has 1 aromatic carbocycles. The summed E-state index contributed by atoms with van der Waals surface area (Å²) in [5, 5.41) is 0.414.